The van der Waals surface area contributed by atoms with Crippen LogP contribution in [0.1, 0.15) is 32.0 Å². The number of benzene rings is 2. The number of halogens is 1. The van der Waals surface area contributed by atoms with Gasteiger partial charge >= 0.3 is 0 Å². The summed E-state index contributed by atoms with van der Waals surface area (Å²) in [5, 5.41) is 0.619. The Labute approximate surface area is 149 Å². The first-order valence-electron chi connectivity index (χ1n) is 7.81. The molecule has 3 nitrogen and oxygen atoms in total. The second-order valence-corrected chi connectivity index (χ2v) is 6.36. The Hall–Kier alpha value is -2.91. The number of Topliss-reactive ketones (excluding diaryl/α,β-unsaturated/α-hetero) is 2. The number of carbonyl (C=O) groups is 2. The first-order valence-corrected chi connectivity index (χ1v) is 8.19. The lowest BCUT2D eigenvalue weighted by molar-refractivity contribution is 0.0990. The molecule has 4 heteroatoms. The van der Waals surface area contributed by atoms with Crippen molar-refractivity contribution in [2.45, 2.75) is 6.92 Å². The maximum Gasteiger partial charge on any atom is 0.197 e. The summed E-state index contributed by atoms with van der Waals surface area (Å²) < 4.78 is 5.82. The van der Waals surface area contributed by atoms with Gasteiger partial charge in [0.25, 0.3) is 0 Å². The van der Waals surface area contributed by atoms with Gasteiger partial charge in [-0.05, 0) is 42.8 Å². The molecule has 0 amide bonds. The summed E-state index contributed by atoms with van der Waals surface area (Å²) in [6, 6.07) is 15.9. The molecule has 4 rings (SSSR count). The molecule has 0 radical (unpaired) electrons. The predicted octanol–water partition coefficient (Wildman–Crippen LogP) is 5.37. The van der Waals surface area contributed by atoms with E-state index in [9.17, 15) is 9.59 Å². The molecule has 0 saturated carbocycles. The number of carbonyl (C=O) groups excluding carboxylic acids is 2. The van der Waals surface area contributed by atoms with Crippen molar-refractivity contribution in [3.05, 3.63) is 87.6 Å². The van der Waals surface area contributed by atoms with Gasteiger partial charge in [0, 0.05) is 21.7 Å². The molecule has 1 aliphatic rings. The molecule has 1 aromatic heterocycles. The zero-order valence-corrected chi connectivity index (χ0v) is 14.1. The maximum absolute atomic E-state index is 12.4. The van der Waals surface area contributed by atoms with Gasteiger partial charge in [-0.25, -0.2) is 0 Å². The van der Waals surface area contributed by atoms with E-state index >= 15 is 0 Å². The van der Waals surface area contributed by atoms with Crippen molar-refractivity contribution in [1.29, 1.82) is 0 Å². The zero-order chi connectivity index (χ0) is 17.6. The highest BCUT2D eigenvalue weighted by Crippen LogP contribution is 2.31. The number of allylic oxidation sites excluding steroid dienone is 1. The maximum atomic E-state index is 12.4. The van der Waals surface area contributed by atoms with Crippen LogP contribution in [0.5, 0.6) is 0 Å². The van der Waals surface area contributed by atoms with Crippen molar-refractivity contribution in [2.75, 3.05) is 0 Å². The number of hydrogen-bond acceptors (Lipinski definition) is 3. The lowest BCUT2D eigenvalue weighted by Gasteiger charge is -2.02. The molecule has 0 saturated heterocycles. The zero-order valence-electron chi connectivity index (χ0n) is 13.4. The topological polar surface area (TPSA) is 47.3 Å². The van der Waals surface area contributed by atoms with Gasteiger partial charge in [-0.1, -0.05) is 41.9 Å². The molecule has 0 N–H and O–H groups in total. The van der Waals surface area contributed by atoms with Crippen LogP contribution in [0, 0.1) is 6.92 Å². The average Bonchev–Trinajstić information content (AvgIpc) is 3.17. The molecule has 1 heterocycles. The Morgan fingerprint density at radius 2 is 1.56 bits per heavy atom. The third kappa shape index (κ3) is 2.63. The molecule has 0 aliphatic heterocycles. The molecule has 0 spiro atoms. The van der Waals surface area contributed by atoms with Crippen LogP contribution in [0.15, 0.2) is 64.6 Å². The monoisotopic (exact) mass is 348 g/mol. The predicted molar refractivity (Wildman–Crippen MR) is 97.0 cm³/mol. The normalized spacial score (nSPS) is 13.3. The Bertz CT molecular complexity index is 1020. The van der Waals surface area contributed by atoms with E-state index in [2.05, 4.69) is 0 Å². The molecule has 0 fully saturated rings. The summed E-state index contributed by atoms with van der Waals surface area (Å²) in [6.45, 7) is 1.97. The van der Waals surface area contributed by atoms with Gasteiger partial charge in [0.15, 0.2) is 11.6 Å². The largest absolute Gasteiger partial charge is 0.457 e. The van der Waals surface area contributed by atoms with Gasteiger partial charge in [-0.3, -0.25) is 9.59 Å². The quantitative estimate of drug-likeness (QED) is 0.462. The Morgan fingerprint density at radius 1 is 0.880 bits per heavy atom. The van der Waals surface area contributed by atoms with Crippen LogP contribution in [0.3, 0.4) is 0 Å². The fourth-order valence-corrected chi connectivity index (χ4v) is 3.15. The van der Waals surface area contributed by atoms with Gasteiger partial charge in [-0.15, -0.1) is 0 Å². The van der Waals surface area contributed by atoms with Gasteiger partial charge in [-0.2, -0.15) is 0 Å². The third-order valence-corrected chi connectivity index (χ3v) is 4.52. The summed E-state index contributed by atoms with van der Waals surface area (Å²) >= 11 is 6.06. The molecule has 122 valence electrons. The standard InChI is InChI=1S/C21H13ClO3/c1-12-6-7-13(22)10-17(12)19-9-8-14(25-19)11-18-20(23)15-4-2-3-5-16(15)21(18)24/h2-11H,1H3. The van der Waals surface area contributed by atoms with Crippen LogP contribution >= 0.6 is 11.6 Å². The van der Waals surface area contributed by atoms with Crippen molar-refractivity contribution in [1.82, 2.24) is 0 Å². The second kappa shape index (κ2) is 5.87. The van der Waals surface area contributed by atoms with E-state index in [1.54, 1.807) is 30.3 Å². The van der Waals surface area contributed by atoms with Gasteiger partial charge in [0.2, 0.25) is 0 Å². The molecule has 0 atom stereocenters. The number of fused-ring (bicyclic) bond motifs is 1. The molecule has 25 heavy (non-hydrogen) atoms. The van der Waals surface area contributed by atoms with Gasteiger partial charge in [0.05, 0.1) is 5.57 Å². The van der Waals surface area contributed by atoms with E-state index in [0.717, 1.165) is 11.1 Å². The van der Waals surface area contributed by atoms with E-state index in [4.69, 9.17) is 16.0 Å². The first-order chi connectivity index (χ1) is 12.0. The number of rotatable bonds is 2. The van der Waals surface area contributed by atoms with Crippen molar-refractivity contribution in [3.8, 4) is 11.3 Å². The van der Waals surface area contributed by atoms with Crippen LogP contribution in [0.25, 0.3) is 17.4 Å². The lowest BCUT2D eigenvalue weighted by atomic mass is 10.1. The SMILES string of the molecule is Cc1ccc(Cl)cc1-c1ccc(C=C2C(=O)c3ccccc3C2=O)o1. The Morgan fingerprint density at radius 3 is 2.24 bits per heavy atom. The summed E-state index contributed by atoms with van der Waals surface area (Å²) in [4.78, 5) is 24.9. The van der Waals surface area contributed by atoms with Crippen molar-refractivity contribution in [3.63, 3.8) is 0 Å². The van der Waals surface area contributed by atoms with Crippen LogP contribution < -0.4 is 0 Å². The third-order valence-electron chi connectivity index (χ3n) is 4.28. The smallest absolute Gasteiger partial charge is 0.197 e. The Kier molecular flexibility index (Phi) is 3.66. The molecular formula is C21H13ClO3. The Balaban J connectivity index is 1.73. The highest BCUT2D eigenvalue weighted by atomic mass is 35.5. The number of hydrogen-bond donors (Lipinski definition) is 0. The highest BCUT2D eigenvalue weighted by molar-refractivity contribution is 6.41. The molecule has 3 aromatic rings. The van der Waals surface area contributed by atoms with E-state index in [1.807, 2.05) is 31.2 Å². The fourth-order valence-electron chi connectivity index (χ4n) is 2.98. The minimum absolute atomic E-state index is 0.130. The van der Waals surface area contributed by atoms with Crippen LogP contribution in [-0.4, -0.2) is 11.6 Å². The molecular weight excluding hydrogens is 336 g/mol. The average molecular weight is 349 g/mol. The summed E-state index contributed by atoms with van der Waals surface area (Å²) in [6.07, 6.45) is 1.51. The minimum Gasteiger partial charge on any atom is -0.457 e. The fraction of sp³-hybridized carbons (Fsp3) is 0.0476. The van der Waals surface area contributed by atoms with Crippen molar-refractivity contribution in [2.24, 2.45) is 0 Å². The second-order valence-electron chi connectivity index (χ2n) is 5.92. The molecule has 2 aromatic carbocycles. The number of furan rings is 1. The van der Waals surface area contributed by atoms with E-state index in [-0.39, 0.29) is 17.1 Å². The summed E-state index contributed by atoms with van der Waals surface area (Å²) in [7, 11) is 0. The number of ketones is 2. The lowest BCUT2D eigenvalue weighted by Crippen LogP contribution is -1.99. The van der Waals surface area contributed by atoms with Crippen LogP contribution in [0.4, 0.5) is 0 Å². The molecule has 1 aliphatic carbocycles. The van der Waals surface area contributed by atoms with Gasteiger partial charge in [0.1, 0.15) is 11.5 Å². The molecule has 0 unspecified atom stereocenters. The van der Waals surface area contributed by atoms with Crippen molar-refractivity contribution >= 4 is 29.2 Å². The van der Waals surface area contributed by atoms with Crippen LogP contribution in [0.2, 0.25) is 5.02 Å². The van der Waals surface area contributed by atoms with E-state index in [0.29, 0.717) is 27.7 Å². The minimum atomic E-state index is -0.266. The van der Waals surface area contributed by atoms with Crippen molar-refractivity contribution < 1.29 is 14.0 Å². The van der Waals surface area contributed by atoms with E-state index in [1.165, 1.54) is 6.08 Å². The first kappa shape index (κ1) is 15.6. The van der Waals surface area contributed by atoms with Gasteiger partial charge < -0.3 is 4.42 Å². The highest BCUT2D eigenvalue weighted by Gasteiger charge is 2.32. The summed E-state index contributed by atoms with van der Waals surface area (Å²) in [5.74, 6) is 0.566. The van der Waals surface area contributed by atoms with E-state index < -0.39 is 0 Å². The van der Waals surface area contributed by atoms with Crippen LogP contribution in [-0.2, 0) is 0 Å². The molecule has 0 bridgehead atoms. The number of aryl methyl sites for hydroxylation is 1. The summed E-state index contributed by atoms with van der Waals surface area (Å²) in [5.41, 5.74) is 2.92.